The molecule has 0 atom stereocenters. The molecule has 0 aliphatic rings. The van der Waals surface area contributed by atoms with Crippen molar-refractivity contribution < 1.29 is 19.1 Å². The largest absolute Gasteiger partial charge is 0.462 e. The minimum atomic E-state index is -0.590. The molecule has 116 valence electrons. The maximum Gasteiger partial charge on any atom is 0.345 e. The van der Waals surface area contributed by atoms with E-state index in [4.69, 9.17) is 9.47 Å². The molecule has 0 bridgehead atoms. The zero-order valence-corrected chi connectivity index (χ0v) is 13.6. The van der Waals surface area contributed by atoms with Crippen molar-refractivity contribution in [3.05, 3.63) is 11.6 Å². The van der Waals surface area contributed by atoms with Gasteiger partial charge in [-0.15, -0.1) is 0 Å². The van der Waals surface area contributed by atoms with Gasteiger partial charge in [-0.3, -0.25) is 0 Å². The van der Waals surface area contributed by atoms with E-state index in [1.807, 2.05) is 41.5 Å². The average Bonchev–Trinajstić information content (AvgIpc) is 2.33. The monoisotopic (exact) mass is 284 g/mol. The molecule has 0 saturated heterocycles. The zero-order valence-electron chi connectivity index (χ0n) is 13.6. The molecule has 0 aromatic carbocycles. The molecule has 20 heavy (non-hydrogen) atoms. The Hall–Kier alpha value is -1.32. The molecule has 0 N–H and O–H groups in total. The highest BCUT2D eigenvalue weighted by molar-refractivity contribution is 6.14. The SMILES string of the molecule is CC(C)CC=C(C(=O)OCC(C)C)C(=O)OCC(C)C. The Morgan fingerprint density at radius 1 is 0.800 bits per heavy atom. The van der Waals surface area contributed by atoms with Gasteiger partial charge in [-0.2, -0.15) is 0 Å². The predicted molar refractivity (Wildman–Crippen MR) is 79.1 cm³/mol. The molecular formula is C16H28O4. The minimum absolute atomic E-state index is 0.0139. The maximum absolute atomic E-state index is 12.0. The lowest BCUT2D eigenvalue weighted by Gasteiger charge is -2.12. The van der Waals surface area contributed by atoms with E-state index in [1.54, 1.807) is 6.08 Å². The molecule has 0 aliphatic carbocycles. The van der Waals surface area contributed by atoms with Crippen molar-refractivity contribution in [2.75, 3.05) is 13.2 Å². The first-order valence-electron chi connectivity index (χ1n) is 7.28. The second-order valence-corrected chi connectivity index (χ2v) is 6.23. The van der Waals surface area contributed by atoms with Gasteiger partial charge in [-0.1, -0.05) is 47.6 Å². The van der Waals surface area contributed by atoms with Gasteiger partial charge in [0.05, 0.1) is 13.2 Å². The van der Waals surface area contributed by atoms with Crippen molar-refractivity contribution in [1.82, 2.24) is 0 Å². The molecule has 0 aromatic heterocycles. The molecule has 0 aliphatic heterocycles. The van der Waals surface area contributed by atoms with Gasteiger partial charge in [0.1, 0.15) is 5.57 Å². The second-order valence-electron chi connectivity index (χ2n) is 6.23. The molecular weight excluding hydrogens is 256 g/mol. The van der Waals surface area contributed by atoms with Crippen molar-refractivity contribution in [2.24, 2.45) is 17.8 Å². The quantitative estimate of drug-likeness (QED) is 0.297. The summed E-state index contributed by atoms with van der Waals surface area (Å²) in [5, 5.41) is 0. The molecule has 0 aromatic rings. The van der Waals surface area contributed by atoms with Gasteiger partial charge in [0.25, 0.3) is 0 Å². The van der Waals surface area contributed by atoms with Crippen LogP contribution in [0.1, 0.15) is 48.0 Å². The molecule has 4 heteroatoms. The van der Waals surface area contributed by atoms with Gasteiger partial charge < -0.3 is 9.47 Å². The molecule has 0 saturated carbocycles. The van der Waals surface area contributed by atoms with E-state index in [1.165, 1.54) is 0 Å². The molecule has 0 spiro atoms. The van der Waals surface area contributed by atoms with Crippen LogP contribution in [0.4, 0.5) is 0 Å². The van der Waals surface area contributed by atoms with Gasteiger partial charge >= 0.3 is 11.9 Å². The highest BCUT2D eigenvalue weighted by Crippen LogP contribution is 2.10. The Bertz CT molecular complexity index is 314. The van der Waals surface area contributed by atoms with Gasteiger partial charge in [0.2, 0.25) is 0 Å². The number of esters is 2. The molecule has 4 nitrogen and oxygen atoms in total. The van der Waals surface area contributed by atoms with Crippen LogP contribution in [0.25, 0.3) is 0 Å². The van der Waals surface area contributed by atoms with E-state index in [-0.39, 0.29) is 17.4 Å². The summed E-state index contributed by atoms with van der Waals surface area (Å²) in [7, 11) is 0. The van der Waals surface area contributed by atoms with E-state index in [0.29, 0.717) is 25.6 Å². The van der Waals surface area contributed by atoms with Crippen LogP contribution in [0.15, 0.2) is 11.6 Å². The highest BCUT2D eigenvalue weighted by atomic mass is 16.6. The van der Waals surface area contributed by atoms with Crippen LogP contribution in [0, 0.1) is 17.8 Å². The third kappa shape index (κ3) is 8.73. The van der Waals surface area contributed by atoms with Crippen LogP contribution in [-0.4, -0.2) is 25.2 Å². The Labute approximate surface area is 122 Å². The Balaban J connectivity index is 4.75. The second kappa shape index (κ2) is 9.56. The van der Waals surface area contributed by atoms with Crippen LogP contribution < -0.4 is 0 Å². The van der Waals surface area contributed by atoms with Gasteiger partial charge in [0.15, 0.2) is 0 Å². The van der Waals surface area contributed by atoms with Gasteiger partial charge in [-0.05, 0) is 24.2 Å². The van der Waals surface area contributed by atoms with Crippen LogP contribution >= 0.6 is 0 Å². The van der Waals surface area contributed by atoms with Crippen molar-refractivity contribution in [3.8, 4) is 0 Å². The number of carbonyl (C=O) groups excluding carboxylic acids is 2. The summed E-state index contributed by atoms with van der Waals surface area (Å²) in [5.74, 6) is -0.351. The predicted octanol–water partition coefficient (Wildman–Crippen LogP) is 3.36. The number of rotatable bonds is 8. The molecule has 0 rings (SSSR count). The van der Waals surface area contributed by atoms with E-state index in [0.717, 1.165) is 0 Å². The van der Waals surface area contributed by atoms with Crippen LogP contribution in [0.2, 0.25) is 0 Å². The third-order valence-corrected chi connectivity index (χ3v) is 2.33. The normalized spacial score (nSPS) is 10.8. The smallest absolute Gasteiger partial charge is 0.345 e. The number of hydrogen-bond donors (Lipinski definition) is 0. The lowest BCUT2D eigenvalue weighted by Crippen LogP contribution is -2.21. The molecule has 0 radical (unpaired) electrons. The fourth-order valence-electron chi connectivity index (χ4n) is 1.24. The summed E-state index contributed by atoms with van der Waals surface area (Å²) in [4.78, 5) is 23.9. The Morgan fingerprint density at radius 2 is 1.20 bits per heavy atom. The summed E-state index contributed by atoms with van der Waals surface area (Å²) in [5.41, 5.74) is 0.0139. The van der Waals surface area contributed by atoms with Crippen molar-refractivity contribution in [3.63, 3.8) is 0 Å². The fraction of sp³-hybridized carbons (Fsp3) is 0.750. The van der Waals surface area contributed by atoms with Crippen molar-refractivity contribution in [1.29, 1.82) is 0 Å². The average molecular weight is 284 g/mol. The Morgan fingerprint density at radius 3 is 1.50 bits per heavy atom. The van der Waals surface area contributed by atoms with E-state index in [2.05, 4.69) is 0 Å². The maximum atomic E-state index is 12.0. The lowest BCUT2D eigenvalue weighted by atomic mass is 10.1. The third-order valence-electron chi connectivity index (χ3n) is 2.33. The van der Waals surface area contributed by atoms with Crippen LogP contribution in [-0.2, 0) is 19.1 Å². The number of carbonyl (C=O) groups is 2. The highest BCUT2D eigenvalue weighted by Gasteiger charge is 2.22. The van der Waals surface area contributed by atoms with Gasteiger partial charge in [-0.25, -0.2) is 9.59 Å². The summed E-state index contributed by atoms with van der Waals surface area (Å²) in [6, 6.07) is 0. The summed E-state index contributed by atoms with van der Waals surface area (Å²) >= 11 is 0. The summed E-state index contributed by atoms with van der Waals surface area (Å²) in [6.45, 7) is 12.4. The van der Waals surface area contributed by atoms with Gasteiger partial charge in [0, 0.05) is 0 Å². The van der Waals surface area contributed by atoms with E-state index in [9.17, 15) is 9.59 Å². The molecule has 0 amide bonds. The molecule has 0 unspecified atom stereocenters. The number of ether oxygens (including phenoxy) is 2. The van der Waals surface area contributed by atoms with E-state index < -0.39 is 11.9 Å². The van der Waals surface area contributed by atoms with Crippen LogP contribution in [0.5, 0.6) is 0 Å². The number of allylic oxidation sites excluding steroid dienone is 1. The minimum Gasteiger partial charge on any atom is -0.462 e. The first-order chi connectivity index (χ1) is 9.23. The topological polar surface area (TPSA) is 52.6 Å². The summed E-state index contributed by atoms with van der Waals surface area (Å²) < 4.78 is 10.2. The van der Waals surface area contributed by atoms with Crippen molar-refractivity contribution in [2.45, 2.75) is 48.0 Å². The fourth-order valence-corrected chi connectivity index (χ4v) is 1.24. The Kier molecular flexibility index (Phi) is 8.93. The lowest BCUT2D eigenvalue weighted by molar-refractivity contribution is -0.148. The first-order valence-corrected chi connectivity index (χ1v) is 7.28. The molecule has 0 heterocycles. The molecule has 0 fully saturated rings. The standard InChI is InChI=1S/C16H28O4/c1-11(2)7-8-14(15(17)19-9-12(3)4)16(18)20-10-13(5)6/h8,11-13H,7,9-10H2,1-6H3. The van der Waals surface area contributed by atoms with Crippen LogP contribution in [0.3, 0.4) is 0 Å². The summed E-state index contributed by atoms with van der Waals surface area (Å²) in [6.07, 6.45) is 2.26. The van der Waals surface area contributed by atoms with Crippen molar-refractivity contribution >= 4 is 11.9 Å². The van der Waals surface area contributed by atoms with E-state index >= 15 is 0 Å². The number of hydrogen-bond acceptors (Lipinski definition) is 4. The first kappa shape index (κ1) is 18.7. The zero-order chi connectivity index (χ0) is 15.7.